The Labute approximate surface area is 186 Å². The van der Waals surface area contributed by atoms with Gasteiger partial charge in [0.15, 0.2) is 6.29 Å². The summed E-state index contributed by atoms with van der Waals surface area (Å²) in [4.78, 5) is 38.1. The Bertz CT molecular complexity index is 959. The second-order valence-corrected chi connectivity index (χ2v) is 7.31. The topological polar surface area (TPSA) is 102 Å². The molecule has 1 heterocycles. The van der Waals surface area contributed by atoms with Crippen LogP contribution in [0.15, 0.2) is 42.5 Å². The second kappa shape index (κ2) is 11.3. The zero-order chi connectivity index (χ0) is 22.9. The summed E-state index contributed by atoms with van der Waals surface area (Å²) in [5.41, 5.74) is 1.36. The predicted octanol–water partition coefficient (Wildman–Crippen LogP) is 2.62. The minimum absolute atomic E-state index is 0.0615. The van der Waals surface area contributed by atoms with E-state index < -0.39 is 0 Å². The first-order valence-electron chi connectivity index (χ1n) is 10.6. The molecular weight excluding hydrogens is 414 g/mol. The summed E-state index contributed by atoms with van der Waals surface area (Å²) in [5.74, 6) is -0.397. The van der Waals surface area contributed by atoms with Gasteiger partial charge in [-0.2, -0.15) is 0 Å². The molecule has 1 fully saturated rings. The fraction of sp³-hybridized carbons (Fsp3) is 0.375. The van der Waals surface area contributed by atoms with E-state index in [2.05, 4.69) is 0 Å². The quantitative estimate of drug-likeness (QED) is 0.471. The van der Waals surface area contributed by atoms with E-state index in [-0.39, 0.29) is 54.6 Å². The van der Waals surface area contributed by atoms with Gasteiger partial charge in [-0.3, -0.25) is 14.4 Å². The molecule has 3 rings (SSSR count). The van der Waals surface area contributed by atoms with Crippen molar-refractivity contribution in [2.45, 2.75) is 25.8 Å². The Hall–Kier alpha value is -3.39. The van der Waals surface area contributed by atoms with E-state index in [1.165, 1.54) is 6.07 Å². The van der Waals surface area contributed by atoms with Gasteiger partial charge in [0.25, 0.3) is 5.91 Å². The van der Waals surface area contributed by atoms with Crippen LogP contribution in [0.2, 0.25) is 0 Å². The number of aldehydes is 1. The third-order valence-electron chi connectivity index (χ3n) is 5.23. The fourth-order valence-electron chi connectivity index (χ4n) is 3.59. The first-order chi connectivity index (χ1) is 15.5. The van der Waals surface area contributed by atoms with E-state index in [1.54, 1.807) is 36.1 Å². The van der Waals surface area contributed by atoms with Gasteiger partial charge in [-0.25, -0.2) is 0 Å². The van der Waals surface area contributed by atoms with Crippen LogP contribution in [0.25, 0.3) is 0 Å². The average Bonchev–Trinajstić information content (AvgIpc) is 2.81. The molecule has 170 valence electrons. The Kier molecular flexibility index (Phi) is 8.21. The normalized spacial score (nSPS) is 15.8. The van der Waals surface area contributed by atoms with Gasteiger partial charge in [0, 0.05) is 18.5 Å². The highest BCUT2D eigenvalue weighted by atomic mass is 16.5. The molecule has 1 saturated heterocycles. The molecule has 2 aromatic carbocycles. The van der Waals surface area contributed by atoms with Crippen LogP contribution in [0, 0.1) is 0 Å². The summed E-state index contributed by atoms with van der Waals surface area (Å²) in [5, 5.41) is 9.84. The molecule has 1 aliphatic rings. The van der Waals surface area contributed by atoms with Crippen LogP contribution in [0.3, 0.4) is 0 Å². The van der Waals surface area contributed by atoms with E-state index >= 15 is 0 Å². The number of aromatic hydroxyl groups is 1. The molecule has 1 N–H and O–H groups in total. The van der Waals surface area contributed by atoms with Gasteiger partial charge in [0.1, 0.15) is 18.1 Å². The molecule has 0 unspecified atom stereocenters. The fourth-order valence-corrected chi connectivity index (χ4v) is 3.59. The van der Waals surface area contributed by atoms with Crippen LogP contribution in [-0.2, 0) is 20.7 Å². The van der Waals surface area contributed by atoms with Crippen molar-refractivity contribution in [3.05, 3.63) is 59.2 Å². The number of ether oxygens (including phenoxy) is 3. The van der Waals surface area contributed by atoms with Crippen molar-refractivity contribution in [1.29, 1.82) is 0 Å². The van der Waals surface area contributed by atoms with Crippen molar-refractivity contribution in [3.8, 4) is 11.5 Å². The van der Waals surface area contributed by atoms with Crippen LogP contribution < -0.4 is 4.74 Å². The maximum atomic E-state index is 13.4. The summed E-state index contributed by atoms with van der Waals surface area (Å²) >= 11 is 0. The number of phenolic OH excluding ortho intramolecular Hbond substituents is 1. The smallest absolute Gasteiger partial charge is 0.306 e. The minimum atomic E-state index is -0.379. The number of hydrogen-bond acceptors (Lipinski definition) is 7. The molecule has 1 aliphatic heterocycles. The van der Waals surface area contributed by atoms with Gasteiger partial charge in [-0.15, -0.1) is 0 Å². The molecule has 1 amide bonds. The standard InChI is InChI=1S/C24H27NO7/c1-2-31-23(28)11-10-17-6-3-4-7-19(17)24(29)25-12-13-30-15-18(25)16-32-22-9-5-8-21(27)20(22)14-26/h3-9,14,18,27H,2,10-13,15-16H2,1H3/t18-/m0/s1. The third kappa shape index (κ3) is 5.64. The van der Waals surface area contributed by atoms with Crippen molar-refractivity contribution < 1.29 is 33.7 Å². The zero-order valence-electron chi connectivity index (χ0n) is 18.0. The lowest BCUT2D eigenvalue weighted by Crippen LogP contribution is -2.51. The highest BCUT2D eigenvalue weighted by molar-refractivity contribution is 5.96. The zero-order valence-corrected chi connectivity index (χ0v) is 18.0. The molecule has 0 aromatic heterocycles. The van der Waals surface area contributed by atoms with Crippen LogP contribution in [-0.4, -0.2) is 67.2 Å². The van der Waals surface area contributed by atoms with Gasteiger partial charge in [-0.1, -0.05) is 24.3 Å². The number of carbonyl (C=O) groups excluding carboxylic acids is 3. The number of nitrogens with zero attached hydrogens (tertiary/aromatic N) is 1. The lowest BCUT2D eigenvalue weighted by atomic mass is 10.0. The maximum Gasteiger partial charge on any atom is 0.306 e. The summed E-state index contributed by atoms with van der Waals surface area (Å²) in [6.45, 7) is 3.25. The first kappa shape index (κ1) is 23.3. The van der Waals surface area contributed by atoms with Crippen LogP contribution in [0.5, 0.6) is 11.5 Å². The van der Waals surface area contributed by atoms with Gasteiger partial charge in [0.05, 0.1) is 31.4 Å². The SMILES string of the molecule is CCOC(=O)CCc1ccccc1C(=O)N1CCOC[C@H]1COc1cccc(O)c1C=O. The number of morpholine rings is 1. The van der Waals surface area contributed by atoms with Crippen LogP contribution in [0.1, 0.15) is 39.6 Å². The molecule has 1 atom stereocenters. The maximum absolute atomic E-state index is 13.4. The number of benzene rings is 2. The van der Waals surface area contributed by atoms with Crippen molar-refractivity contribution in [1.82, 2.24) is 4.90 Å². The Morgan fingerprint density at radius 3 is 2.81 bits per heavy atom. The number of hydrogen-bond donors (Lipinski definition) is 1. The van der Waals surface area contributed by atoms with Gasteiger partial charge >= 0.3 is 5.97 Å². The number of carbonyl (C=O) groups is 3. The van der Waals surface area contributed by atoms with Gasteiger partial charge in [0.2, 0.25) is 0 Å². The highest BCUT2D eigenvalue weighted by Gasteiger charge is 2.30. The van der Waals surface area contributed by atoms with Crippen molar-refractivity contribution in [3.63, 3.8) is 0 Å². The molecule has 32 heavy (non-hydrogen) atoms. The number of phenols is 1. The highest BCUT2D eigenvalue weighted by Crippen LogP contribution is 2.26. The number of aryl methyl sites for hydroxylation is 1. The molecule has 0 radical (unpaired) electrons. The molecule has 8 nitrogen and oxygen atoms in total. The largest absolute Gasteiger partial charge is 0.507 e. The Morgan fingerprint density at radius 2 is 2.03 bits per heavy atom. The lowest BCUT2D eigenvalue weighted by Gasteiger charge is -2.36. The summed E-state index contributed by atoms with van der Waals surface area (Å²) in [6.07, 6.45) is 1.13. The first-order valence-corrected chi connectivity index (χ1v) is 10.6. The second-order valence-electron chi connectivity index (χ2n) is 7.31. The van der Waals surface area contributed by atoms with Crippen molar-refractivity contribution >= 4 is 18.2 Å². The van der Waals surface area contributed by atoms with E-state index in [1.807, 2.05) is 12.1 Å². The monoisotopic (exact) mass is 441 g/mol. The number of amides is 1. The van der Waals surface area contributed by atoms with Gasteiger partial charge in [-0.05, 0) is 37.1 Å². The third-order valence-corrected chi connectivity index (χ3v) is 5.23. The van der Waals surface area contributed by atoms with Crippen LogP contribution in [0.4, 0.5) is 0 Å². The minimum Gasteiger partial charge on any atom is -0.507 e. The molecule has 0 saturated carbocycles. The molecule has 0 aliphatic carbocycles. The van der Waals surface area contributed by atoms with Crippen molar-refractivity contribution in [2.75, 3.05) is 33.0 Å². The van der Waals surface area contributed by atoms with Crippen molar-refractivity contribution in [2.24, 2.45) is 0 Å². The summed E-state index contributed by atoms with van der Waals surface area (Å²) < 4.78 is 16.3. The molecule has 0 spiro atoms. The summed E-state index contributed by atoms with van der Waals surface area (Å²) in [6, 6.07) is 11.4. The van der Waals surface area contributed by atoms with E-state index in [9.17, 15) is 19.5 Å². The lowest BCUT2D eigenvalue weighted by molar-refractivity contribution is -0.143. The van der Waals surface area contributed by atoms with E-state index in [4.69, 9.17) is 14.2 Å². The molecule has 8 heteroatoms. The average molecular weight is 441 g/mol. The number of rotatable bonds is 9. The van der Waals surface area contributed by atoms with E-state index in [0.717, 1.165) is 5.56 Å². The van der Waals surface area contributed by atoms with Crippen LogP contribution >= 0.6 is 0 Å². The Morgan fingerprint density at radius 1 is 1.22 bits per heavy atom. The molecule has 0 bridgehead atoms. The predicted molar refractivity (Wildman–Crippen MR) is 116 cm³/mol. The molecular formula is C24H27NO7. The number of esters is 1. The Balaban J connectivity index is 1.73. The summed E-state index contributed by atoms with van der Waals surface area (Å²) in [7, 11) is 0. The van der Waals surface area contributed by atoms with E-state index in [0.29, 0.717) is 38.0 Å². The van der Waals surface area contributed by atoms with Gasteiger partial charge < -0.3 is 24.2 Å². The molecule has 2 aromatic rings.